The molecule has 1 heterocycles. The van der Waals surface area contributed by atoms with Crippen molar-refractivity contribution in [3.63, 3.8) is 0 Å². The van der Waals surface area contributed by atoms with Gasteiger partial charge in [-0.05, 0) is 31.3 Å². The first-order chi connectivity index (χ1) is 9.18. The molecule has 1 aromatic carbocycles. The van der Waals surface area contributed by atoms with Crippen molar-refractivity contribution in [2.75, 3.05) is 26.3 Å². The molecule has 1 aliphatic heterocycles. The average molecular weight is 279 g/mol. The van der Waals surface area contributed by atoms with E-state index in [1.54, 1.807) is 12.1 Å². The molecule has 0 aromatic heterocycles. The van der Waals surface area contributed by atoms with E-state index >= 15 is 0 Å². The first kappa shape index (κ1) is 13.8. The van der Waals surface area contributed by atoms with Gasteiger partial charge < -0.3 is 14.7 Å². The highest BCUT2D eigenvalue weighted by Gasteiger charge is 2.13. The Balaban J connectivity index is 1.98. The smallest absolute Gasteiger partial charge is 0.189 e. The molecule has 0 atom stereocenters. The SMILES string of the molecule is C/C(=N\NC(=S)N1CCOCC1)c1ccccc1O. The maximum absolute atomic E-state index is 9.73. The van der Waals surface area contributed by atoms with Crippen LogP contribution < -0.4 is 5.43 Å². The number of nitrogens with one attached hydrogen (secondary N) is 1. The van der Waals surface area contributed by atoms with Crippen LogP contribution in [-0.2, 0) is 4.74 Å². The van der Waals surface area contributed by atoms with Gasteiger partial charge in [-0.15, -0.1) is 0 Å². The third-order valence-electron chi connectivity index (χ3n) is 2.91. The van der Waals surface area contributed by atoms with Crippen LogP contribution in [0.4, 0.5) is 0 Å². The van der Waals surface area contributed by atoms with E-state index in [1.807, 2.05) is 24.0 Å². The molecule has 0 bridgehead atoms. The molecule has 1 aliphatic rings. The normalized spacial score (nSPS) is 16.3. The van der Waals surface area contributed by atoms with Gasteiger partial charge in [0.05, 0.1) is 18.9 Å². The second kappa shape index (κ2) is 6.49. The van der Waals surface area contributed by atoms with Crippen LogP contribution in [0.25, 0.3) is 0 Å². The van der Waals surface area contributed by atoms with Gasteiger partial charge in [-0.25, -0.2) is 0 Å². The van der Waals surface area contributed by atoms with Gasteiger partial charge in [0, 0.05) is 18.7 Å². The topological polar surface area (TPSA) is 57.1 Å². The zero-order valence-electron chi connectivity index (χ0n) is 10.8. The van der Waals surface area contributed by atoms with Gasteiger partial charge in [0.25, 0.3) is 0 Å². The van der Waals surface area contributed by atoms with Crippen LogP contribution in [0.5, 0.6) is 5.75 Å². The van der Waals surface area contributed by atoms with Gasteiger partial charge in [-0.3, -0.25) is 5.43 Å². The molecular weight excluding hydrogens is 262 g/mol. The number of phenols is 1. The first-order valence-corrected chi connectivity index (χ1v) is 6.54. The fourth-order valence-electron chi connectivity index (χ4n) is 1.81. The molecule has 0 radical (unpaired) electrons. The molecule has 0 saturated carbocycles. The minimum absolute atomic E-state index is 0.211. The highest BCUT2D eigenvalue weighted by molar-refractivity contribution is 7.80. The third kappa shape index (κ3) is 3.65. The van der Waals surface area contributed by atoms with Gasteiger partial charge in [-0.2, -0.15) is 5.10 Å². The zero-order chi connectivity index (χ0) is 13.7. The Morgan fingerprint density at radius 2 is 2.05 bits per heavy atom. The van der Waals surface area contributed by atoms with E-state index in [1.165, 1.54) is 0 Å². The summed E-state index contributed by atoms with van der Waals surface area (Å²) in [4.78, 5) is 2.01. The Hall–Kier alpha value is -1.66. The second-order valence-corrected chi connectivity index (χ2v) is 4.62. The van der Waals surface area contributed by atoms with E-state index in [2.05, 4.69) is 10.5 Å². The number of ether oxygens (including phenoxy) is 1. The van der Waals surface area contributed by atoms with Crippen molar-refractivity contribution in [1.82, 2.24) is 10.3 Å². The predicted molar refractivity (Wildman–Crippen MR) is 78.4 cm³/mol. The maximum Gasteiger partial charge on any atom is 0.189 e. The molecule has 0 amide bonds. The molecule has 6 heteroatoms. The van der Waals surface area contributed by atoms with E-state index in [0.717, 1.165) is 13.1 Å². The van der Waals surface area contributed by atoms with Crippen LogP contribution in [0.15, 0.2) is 29.4 Å². The van der Waals surface area contributed by atoms with Gasteiger partial charge in [-0.1, -0.05) is 12.1 Å². The van der Waals surface area contributed by atoms with Crippen LogP contribution in [0.2, 0.25) is 0 Å². The quantitative estimate of drug-likeness (QED) is 0.486. The molecule has 0 unspecified atom stereocenters. The summed E-state index contributed by atoms with van der Waals surface area (Å²) in [7, 11) is 0. The number of phenolic OH excluding ortho intramolecular Hbond substituents is 1. The minimum Gasteiger partial charge on any atom is -0.507 e. The molecule has 0 aliphatic carbocycles. The lowest BCUT2D eigenvalue weighted by Crippen LogP contribution is -2.44. The molecule has 5 nitrogen and oxygen atoms in total. The number of hydrogen-bond acceptors (Lipinski definition) is 4. The highest BCUT2D eigenvalue weighted by Crippen LogP contribution is 2.16. The Bertz CT molecular complexity index is 485. The number of aromatic hydroxyl groups is 1. The lowest BCUT2D eigenvalue weighted by molar-refractivity contribution is 0.0677. The summed E-state index contributed by atoms with van der Waals surface area (Å²) < 4.78 is 5.26. The van der Waals surface area contributed by atoms with E-state index in [-0.39, 0.29) is 5.75 Å². The summed E-state index contributed by atoms with van der Waals surface area (Å²) in [6.07, 6.45) is 0. The standard InChI is InChI=1S/C13H17N3O2S/c1-10(11-4-2-3-5-12(11)17)14-15-13(19)16-6-8-18-9-7-16/h2-5,17H,6-9H2,1H3,(H,15,19)/b14-10+. The number of hydrazone groups is 1. The maximum atomic E-state index is 9.73. The van der Waals surface area contributed by atoms with E-state index < -0.39 is 0 Å². The zero-order valence-corrected chi connectivity index (χ0v) is 11.6. The Morgan fingerprint density at radius 3 is 2.74 bits per heavy atom. The molecule has 2 N–H and O–H groups in total. The van der Waals surface area contributed by atoms with Crippen LogP contribution in [0, 0.1) is 0 Å². The predicted octanol–water partition coefficient (Wildman–Crippen LogP) is 1.32. The fourth-order valence-corrected chi connectivity index (χ4v) is 2.04. The number of para-hydroxylation sites is 1. The summed E-state index contributed by atoms with van der Waals surface area (Å²) in [5.41, 5.74) is 4.24. The van der Waals surface area contributed by atoms with Crippen molar-refractivity contribution in [1.29, 1.82) is 0 Å². The summed E-state index contributed by atoms with van der Waals surface area (Å²) in [5, 5.41) is 14.5. The molecule has 1 fully saturated rings. The second-order valence-electron chi connectivity index (χ2n) is 4.23. The summed E-state index contributed by atoms with van der Waals surface area (Å²) >= 11 is 5.26. The molecule has 1 aromatic rings. The lowest BCUT2D eigenvalue weighted by atomic mass is 10.1. The monoisotopic (exact) mass is 279 g/mol. The molecule has 2 rings (SSSR count). The van der Waals surface area contributed by atoms with Crippen molar-refractivity contribution < 1.29 is 9.84 Å². The van der Waals surface area contributed by atoms with Crippen molar-refractivity contribution in [2.45, 2.75) is 6.92 Å². The Kier molecular flexibility index (Phi) is 4.70. The fraction of sp³-hybridized carbons (Fsp3) is 0.385. The largest absolute Gasteiger partial charge is 0.507 e. The van der Waals surface area contributed by atoms with Crippen LogP contribution in [0.1, 0.15) is 12.5 Å². The Labute approximate surface area is 117 Å². The third-order valence-corrected chi connectivity index (χ3v) is 3.26. The average Bonchev–Trinajstić information content (AvgIpc) is 2.46. The summed E-state index contributed by atoms with van der Waals surface area (Å²) in [5.74, 6) is 0.211. The number of nitrogens with zero attached hydrogens (tertiary/aromatic N) is 2. The van der Waals surface area contributed by atoms with Crippen molar-refractivity contribution in [3.8, 4) is 5.75 Å². The molecule has 1 saturated heterocycles. The highest BCUT2D eigenvalue weighted by atomic mass is 32.1. The minimum atomic E-state index is 0.211. The van der Waals surface area contributed by atoms with Gasteiger partial charge >= 0.3 is 0 Å². The van der Waals surface area contributed by atoms with Crippen LogP contribution in [0.3, 0.4) is 0 Å². The van der Waals surface area contributed by atoms with E-state index in [0.29, 0.717) is 29.6 Å². The number of benzene rings is 1. The number of morpholine rings is 1. The number of thiocarbonyl (C=S) groups is 1. The van der Waals surface area contributed by atoms with E-state index in [9.17, 15) is 5.11 Å². The van der Waals surface area contributed by atoms with E-state index in [4.69, 9.17) is 17.0 Å². The van der Waals surface area contributed by atoms with Crippen molar-refractivity contribution in [3.05, 3.63) is 29.8 Å². The van der Waals surface area contributed by atoms with Crippen LogP contribution >= 0.6 is 12.2 Å². The van der Waals surface area contributed by atoms with Gasteiger partial charge in [0.15, 0.2) is 5.11 Å². The molecular formula is C13H17N3O2S. The van der Waals surface area contributed by atoms with Gasteiger partial charge in [0.1, 0.15) is 5.75 Å². The molecule has 102 valence electrons. The number of rotatable bonds is 2. The summed E-state index contributed by atoms with van der Waals surface area (Å²) in [6, 6.07) is 7.08. The van der Waals surface area contributed by atoms with Crippen LogP contribution in [-0.4, -0.2) is 47.1 Å². The summed E-state index contributed by atoms with van der Waals surface area (Å²) in [6.45, 7) is 4.74. The van der Waals surface area contributed by atoms with Crippen molar-refractivity contribution >= 4 is 23.0 Å². The first-order valence-electron chi connectivity index (χ1n) is 6.14. The molecule has 0 spiro atoms. The van der Waals surface area contributed by atoms with Gasteiger partial charge in [0.2, 0.25) is 0 Å². The molecule has 19 heavy (non-hydrogen) atoms. The van der Waals surface area contributed by atoms with Crippen molar-refractivity contribution in [2.24, 2.45) is 5.10 Å². The lowest BCUT2D eigenvalue weighted by Gasteiger charge is -2.28. The number of hydrogen-bond donors (Lipinski definition) is 2. The Morgan fingerprint density at radius 1 is 1.37 bits per heavy atom.